The molecule has 0 spiro atoms. The van der Waals surface area contributed by atoms with Crippen LogP contribution in [0.25, 0.3) is 0 Å². The number of nitrogens with one attached hydrogen (secondary N) is 1. The third-order valence-corrected chi connectivity index (χ3v) is 5.02. The van der Waals surface area contributed by atoms with Gasteiger partial charge in [0.15, 0.2) is 11.5 Å². The number of methoxy groups -OCH3 is 2. The van der Waals surface area contributed by atoms with Gasteiger partial charge in [-0.25, -0.2) is 13.1 Å². The van der Waals surface area contributed by atoms with Crippen molar-refractivity contribution in [1.82, 2.24) is 4.72 Å². The number of carbonyl (C=O) groups excluding carboxylic acids is 1. The summed E-state index contributed by atoms with van der Waals surface area (Å²) in [7, 11) is -1.00. The maximum atomic E-state index is 12.5. The van der Waals surface area contributed by atoms with E-state index < -0.39 is 28.5 Å². The van der Waals surface area contributed by atoms with Crippen molar-refractivity contribution in [2.45, 2.75) is 17.4 Å². The zero-order valence-corrected chi connectivity index (χ0v) is 14.6. The van der Waals surface area contributed by atoms with Gasteiger partial charge in [-0.05, 0) is 29.8 Å². The Balaban J connectivity index is 2.38. The molecule has 2 rings (SSSR count). The Morgan fingerprint density at radius 3 is 2.28 bits per heavy atom. The molecule has 2 aromatic carbocycles. The summed E-state index contributed by atoms with van der Waals surface area (Å²) in [6.07, 6.45) is -0.526. The van der Waals surface area contributed by atoms with Crippen LogP contribution in [0.15, 0.2) is 53.4 Å². The van der Waals surface area contributed by atoms with E-state index in [4.69, 9.17) is 9.47 Å². The summed E-state index contributed by atoms with van der Waals surface area (Å²) in [6.45, 7) is 0. The molecule has 134 valence electrons. The Hall–Kier alpha value is -2.58. The predicted molar refractivity (Wildman–Crippen MR) is 88.7 cm³/mol. The first kappa shape index (κ1) is 18.8. The number of carbonyl (C=O) groups is 1. The summed E-state index contributed by atoms with van der Waals surface area (Å²) >= 11 is 0. The van der Waals surface area contributed by atoms with Gasteiger partial charge in [0, 0.05) is 12.4 Å². The molecule has 0 aliphatic rings. The maximum absolute atomic E-state index is 12.5. The second-order valence-electron chi connectivity index (χ2n) is 5.18. The molecule has 0 unspecified atom stereocenters. The van der Waals surface area contributed by atoms with Crippen LogP contribution in [0.1, 0.15) is 18.0 Å². The summed E-state index contributed by atoms with van der Waals surface area (Å²) in [4.78, 5) is 11.1. The first-order chi connectivity index (χ1) is 11.9. The maximum Gasteiger partial charge on any atom is 0.241 e. The molecule has 0 radical (unpaired) electrons. The van der Waals surface area contributed by atoms with E-state index in [0.717, 1.165) is 0 Å². The molecule has 0 aliphatic heterocycles. The van der Waals surface area contributed by atoms with Gasteiger partial charge >= 0.3 is 0 Å². The summed E-state index contributed by atoms with van der Waals surface area (Å²) in [5.74, 6) is -0.567. The molecule has 2 aromatic rings. The summed E-state index contributed by atoms with van der Waals surface area (Å²) in [5, 5.41) is 11.1. The van der Waals surface area contributed by atoms with Crippen LogP contribution in [-0.4, -0.2) is 28.6 Å². The van der Waals surface area contributed by atoms with Crippen LogP contribution in [-0.2, 0) is 14.8 Å². The normalized spacial score (nSPS) is 12.4. The van der Waals surface area contributed by atoms with Crippen molar-refractivity contribution in [3.05, 3.63) is 54.1 Å². The standard InChI is InChI=1S/C17H19NO6S/c1-23-15-9-8-12(10-16(15)24-2)14(11-17(19)20)18-25(21,22)13-6-4-3-5-7-13/h3-10,14,18H,11H2,1-2H3,(H,19,20)/p-1/t14-/m1/s1. The summed E-state index contributed by atoms with van der Waals surface area (Å²) in [6, 6.07) is 11.4. The Labute approximate surface area is 146 Å². The molecule has 7 nitrogen and oxygen atoms in total. The van der Waals surface area contributed by atoms with Crippen LogP contribution < -0.4 is 19.3 Å². The molecule has 0 amide bonds. The Kier molecular flexibility index (Phi) is 6.00. The fraction of sp³-hybridized carbons (Fsp3) is 0.235. The summed E-state index contributed by atoms with van der Waals surface area (Å²) in [5.41, 5.74) is 0.418. The molecular formula is C17H18NO6S-. The third-order valence-electron chi connectivity index (χ3n) is 3.53. The second-order valence-corrected chi connectivity index (χ2v) is 6.89. The smallest absolute Gasteiger partial charge is 0.241 e. The molecule has 0 saturated carbocycles. The average molecular weight is 364 g/mol. The van der Waals surface area contributed by atoms with E-state index in [1.165, 1.54) is 32.4 Å². The number of hydrogen-bond acceptors (Lipinski definition) is 6. The molecule has 25 heavy (non-hydrogen) atoms. The average Bonchev–Trinajstić information content (AvgIpc) is 2.60. The molecule has 0 heterocycles. The van der Waals surface area contributed by atoms with E-state index in [1.54, 1.807) is 30.3 Å². The molecular weight excluding hydrogens is 346 g/mol. The zero-order chi connectivity index (χ0) is 18.4. The Morgan fingerprint density at radius 2 is 1.72 bits per heavy atom. The number of hydrogen-bond donors (Lipinski definition) is 1. The third kappa shape index (κ3) is 4.71. The van der Waals surface area contributed by atoms with Crippen molar-refractivity contribution in [3.63, 3.8) is 0 Å². The quantitative estimate of drug-likeness (QED) is 0.745. The SMILES string of the molecule is COc1ccc([C@@H](CC(=O)[O-])NS(=O)(=O)c2ccccc2)cc1OC. The minimum absolute atomic E-state index is 0.0406. The monoisotopic (exact) mass is 364 g/mol. The number of rotatable bonds is 8. The van der Waals surface area contributed by atoms with Crippen molar-refractivity contribution in [2.75, 3.05) is 14.2 Å². The van der Waals surface area contributed by atoms with E-state index in [0.29, 0.717) is 17.1 Å². The van der Waals surface area contributed by atoms with E-state index in [-0.39, 0.29) is 4.90 Å². The topological polar surface area (TPSA) is 105 Å². The van der Waals surface area contributed by atoms with Gasteiger partial charge in [0.25, 0.3) is 0 Å². The fourth-order valence-electron chi connectivity index (χ4n) is 2.32. The molecule has 8 heteroatoms. The second kappa shape index (κ2) is 8.00. The largest absolute Gasteiger partial charge is 0.550 e. The van der Waals surface area contributed by atoms with Crippen molar-refractivity contribution < 1.29 is 27.8 Å². The lowest BCUT2D eigenvalue weighted by molar-refractivity contribution is -0.306. The number of carboxylic acids is 1. The summed E-state index contributed by atoms with van der Waals surface area (Å²) < 4.78 is 37.7. The van der Waals surface area contributed by atoms with Crippen LogP contribution in [0.2, 0.25) is 0 Å². The highest BCUT2D eigenvalue weighted by atomic mass is 32.2. The number of carboxylic acid groups (broad SMARTS) is 1. The molecule has 0 fully saturated rings. The van der Waals surface area contributed by atoms with Gasteiger partial charge in [-0.3, -0.25) is 0 Å². The predicted octanol–water partition coefficient (Wildman–Crippen LogP) is 0.863. The Bertz CT molecular complexity index is 835. The first-order valence-electron chi connectivity index (χ1n) is 7.36. The minimum atomic E-state index is -3.90. The zero-order valence-electron chi connectivity index (χ0n) is 13.8. The van der Waals surface area contributed by atoms with Crippen LogP contribution in [0.5, 0.6) is 11.5 Å². The molecule has 0 aliphatic carbocycles. The van der Waals surface area contributed by atoms with Crippen LogP contribution in [0.4, 0.5) is 0 Å². The van der Waals surface area contributed by atoms with Gasteiger partial charge in [-0.1, -0.05) is 24.3 Å². The van der Waals surface area contributed by atoms with Crippen molar-refractivity contribution >= 4 is 16.0 Å². The fourth-order valence-corrected chi connectivity index (χ4v) is 3.56. The molecule has 1 N–H and O–H groups in total. The lowest BCUT2D eigenvalue weighted by Gasteiger charge is -2.21. The van der Waals surface area contributed by atoms with Crippen molar-refractivity contribution in [3.8, 4) is 11.5 Å². The van der Waals surface area contributed by atoms with E-state index in [1.807, 2.05) is 0 Å². The van der Waals surface area contributed by atoms with Crippen LogP contribution in [0, 0.1) is 0 Å². The number of ether oxygens (including phenoxy) is 2. The van der Waals surface area contributed by atoms with Gasteiger partial charge in [-0.2, -0.15) is 0 Å². The van der Waals surface area contributed by atoms with Gasteiger partial charge in [0.2, 0.25) is 10.0 Å². The van der Waals surface area contributed by atoms with Crippen LogP contribution >= 0.6 is 0 Å². The van der Waals surface area contributed by atoms with Crippen molar-refractivity contribution in [1.29, 1.82) is 0 Å². The van der Waals surface area contributed by atoms with E-state index in [2.05, 4.69) is 4.72 Å². The van der Waals surface area contributed by atoms with Gasteiger partial charge < -0.3 is 19.4 Å². The molecule has 0 bridgehead atoms. The van der Waals surface area contributed by atoms with E-state index in [9.17, 15) is 18.3 Å². The van der Waals surface area contributed by atoms with Gasteiger partial charge in [0.05, 0.1) is 25.2 Å². The van der Waals surface area contributed by atoms with Crippen LogP contribution in [0.3, 0.4) is 0 Å². The lowest BCUT2D eigenvalue weighted by Crippen LogP contribution is -2.34. The highest BCUT2D eigenvalue weighted by Crippen LogP contribution is 2.31. The highest BCUT2D eigenvalue weighted by molar-refractivity contribution is 7.89. The Morgan fingerprint density at radius 1 is 1.08 bits per heavy atom. The highest BCUT2D eigenvalue weighted by Gasteiger charge is 2.22. The number of benzene rings is 2. The van der Waals surface area contributed by atoms with Gasteiger partial charge in [-0.15, -0.1) is 0 Å². The lowest BCUT2D eigenvalue weighted by atomic mass is 10.0. The molecule has 0 saturated heterocycles. The first-order valence-corrected chi connectivity index (χ1v) is 8.85. The minimum Gasteiger partial charge on any atom is -0.550 e. The molecule has 1 atom stereocenters. The van der Waals surface area contributed by atoms with Crippen molar-refractivity contribution in [2.24, 2.45) is 0 Å². The van der Waals surface area contributed by atoms with Gasteiger partial charge in [0.1, 0.15) is 0 Å². The number of aliphatic carboxylic acids is 1. The van der Waals surface area contributed by atoms with E-state index >= 15 is 0 Å². The number of sulfonamides is 1. The molecule has 0 aromatic heterocycles.